The SMILES string of the molecule is CC1CCN(C(=O)CSc2ncnc3sc4c(c23)CC[C@H](C)C4)CC1. The first-order chi connectivity index (χ1) is 12.1. The predicted molar refractivity (Wildman–Crippen MR) is 104 cm³/mol. The van der Waals surface area contributed by atoms with Crippen LogP contribution >= 0.6 is 23.1 Å². The van der Waals surface area contributed by atoms with Crippen LogP contribution in [0.25, 0.3) is 10.2 Å². The summed E-state index contributed by atoms with van der Waals surface area (Å²) in [6.07, 6.45) is 7.43. The van der Waals surface area contributed by atoms with Crippen molar-refractivity contribution in [2.24, 2.45) is 11.8 Å². The normalized spacial score (nSPS) is 21.5. The minimum Gasteiger partial charge on any atom is -0.342 e. The smallest absolute Gasteiger partial charge is 0.232 e. The molecule has 2 aromatic rings. The number of carbonyl (C=O) groups excluding carboxylic acids is 1. The van der Waals surface area contributed by atoms with E-state index in [1.807, 2.05) is 16.2 Å². The molecule has 1 aliphatic heterocycles. The van der Waals surface area contributed by atoms with Crippen molar-refractivity contribution in [1.29, 1.82) is 0 Å². The van der Waals surface area contributed by atoms with Crippen molar-refractivity contribution in [3.63, 3.8) is 0 Å². The van der Waals surface area contributed by atoms with Crippen molar-refractivity contribution >= 4 is 39.2 Å². The zero-order chi connectivity index (χ0) is 17.4. The van der Waals surface area contributed by atoms with Crippen molar-refractivity contribution < 1.29 is 4.79 Å². The van der Waals surface area contributed by atoms with Crippen molar-refractivity contribution in [2.45, 2.75) is 51.0 Å². The molecule has 1 fully saturated rings. The second-order valence-electron chi connectivity index (χ2n) is 7.56. The summed E-state index contributed by atoms with van der Waals surface area (Å²) in [7, 11) is 0. The number of fused-ring (bicyclic) bond motifs is 3. The number of hydrogen-bond donors (Lipinski definition) is 0. The van der Waals surface area contributed by atoms with Gasteiger partial charge in [0.25, 0.3) is 0 Å². The van der Waals surface area contributed by atoms with Gasteiger partial charge in [0.15, 0.2) is 0 Å². The maximum absolute atomic E-state index is 12.5. The number of hydrogen-bond acceptors (Lipinski definition) is 5. The third-order valence-corrected chi connectivity index (χ3v) is 7.66. The third kappa shape index (κ3) is 3.56. The lowest BCUT2D eigenvalue weighted by atomic mass is 9.89. The summed E-state index contributed by atoms with van der Waals surface area (Å²) in [6.45, 7) is 6.42. The van der Waals surface area contributed by atoms with Gasteiger partial charge in [0.2, 0.25) is 5.91 Å². The molecule has 1 atom stereocenters. The summed E-state index contributed by atoms with van der Waals surface area (Å²) >= 11 is 3.42. The fourth-order valence-corrected chi connectivity index (χ4v) is 6.18. The molecule has 134 valence electrons. The number of likely N-dealkylation sites (tertiary alicyclic amines) is 1. The molecule has 6 heteroatoms. The Balaban J connectivity index is 1.51. The predicted octanol–water partition coefficient (Wildman–Crippen LogP) is 4.17. The van der Waals surface area contributed by atoms with Crippen LogP contribution in [0.1, 0.15) is 43.6 Å². The number of rotatable bonds is 3. The third-order valence-electron chi connectivity index (χ3n) is 5.53. The summed E-state index contributed by atoms with van der Waals surface area (Å²) in [5.41, 5.74) is 1.44. The molecule has 25 heavy (non-hydrogen) atoms. The van der Waals surface area contributed by atoms with E-state index in [-0.39, 0.29) is 5.91 Å². The number of piperidine rings is 1. The summed E-state index contributed by atoms with van der Waals surface area (Å²) in [5.74, 6) is 2.24. The van der Waals surface area contributed by atoms with E-state index < -0.39 is 0 Å². The van der Waals surface area contributed by atoms with E-state index in [0.29, 0.717) is 5.75 Å². The van der Waals surface area contributed by atoms with Gasteiger partial charge >= 0.3 is 0 Å². The van der Waals surface area contributed by atoms with Gasteiger partial charge < -0.3 is 4.90 Å². The standard InChI is InChI=1S/C19H25N3OS2/c1-12-5-7-22(8-6-12)16(23)10-24-18-17-14-4-3-13(2)9-15(14)25-19(17)21-11-20-18/h11-13H,3-10H2,1-2H3/t13-/m0/s1. The first kappa shape index (κ1) is 17.3. The van der Waals surface area contributed by atoms with Crippen molar-refractivity contribution in [3.05, 3.63) is 16.8 Å². The minimum atomic E-state index is 0.251. The number of amides is 1. The van der Waals surface area contributed by atoms with Crippen LogP contribution in [0.3, 0.4) is 0 Å². The van der Waals surface area contributed by atoms with Gasteiger partial charge in [-0.3, -0.25) is 4.79 Å². The minimum absolute atomic E-state index is 0.251. The number of thioether (sulfide) groups is 1. The van der Waals surface area contributed by atoms with Crippen LogP contribution in [-0.4, -0.2) is 39.6 Å². The molecule has 0 radical (unpaired) electrons. The van der Waals surface area contributed by atoms with Gasteiger partial charge in [0.05, 0.1) is 5.75 Å². The zero-order valence-electron chi connectivity index (χ0n) is 15.0. The highest BCUT2D eigenvalue weighted by molar-refractivity contribution is 8.00. The number of aryl methyl sites for hydroxylation is 1. The second-order valence-corrected chi connectivity index (χ2v) is 9.61. The molecular formula is C19H25N3OS2. The average molecular weight is 376 g/mol. The molecule has 0 spiro atoms. The van der Waals surface area contributed by atoms with E-state index in [0.717, 1.165) is 60.5 Å². The van der Waals surface area contributed by atoms with Crippen molar-refractivity contribution in [3.8, 4) is 0 Å². The Hall–Kier alpha value is -1.14. The lowest BCUT2D eigenvalue weighted by molar-refractivity contribution is -0.129. The fourth-order valence-electron chi connectivity index (χ4n) is 3.83. The quantitative estimate of drug-likeness (QED) is 0.597. The average Bonchev–Trinajstić information content (AvgIpc) is 2.98. The Morgan fingerprint density at radius 3 is 2.84 bits per heavy atom. The molecule has 2 aliphatic rings. The number of thiophene rings is 1. The molecule has 0 N–H and O–H groups in total. The largest absolute Gasteiger partial charge is 0.342 e. The van der Waals surface area contributed by atoms with E-state index >= 15 is 0 Å². The van der Waals surface area contributed by atoms with E-state index in [4.69, 9.17) is 0 Å². The lowest BCUT2D eigenvalue weighted by Gasteiger charge is -2.30. The van der Waals surface area contributed by atoms with Gasteiger partial charge in [-0.15, -0.1) is 11.3 Å². The summed E-state index contributed by atoms with van der Waals surface area (Å²) in [5, 5.41) is 2.22. The first-order valence-electron chi connectivity index (χ1n) is 9.27. The van der Waals surface area contributed by atoms with Gasteiger partial charge in [0, 0.05) is 23.4 Å². The fraction of sp³-hybridized carbons (Fsp3) is 0.632. The molecule has 0 saturated carbocycles. The van der Waals surface area contributed by atoms with Gasteiger partial charge in [-0.1, -0.05) is 25.6 Å². The molecule has 1 amide bonds. The summed E-state index contributed by atoms with van der Waals surface area (Å²) < 4.78 is 0. The Morgan fingerprint density at radius 1 is 1.24 bits per heavy atom. The van der Waals surface area contributed by atoms with Crippen LogP contribution in [0.5, 0.6) is 0 Å². The topological polar surface area (TPSA) is 46.1 Å². The summed E-state index contributed by atoms with van der Waals surface area (Å²) in [4.78, 5) is 26.2. The molecule has 3 heterocycles. The monoisotopic (exact) mass is 375 g/mol. The van der Waals surface area contributed by atoms with Crippen LogP contribution in [-0.2, 0) is 17.6 Å². The molecule has 2 aromatic heterocycles. The molecule has 4 rings (SSSR count). The Morgan fingerprint density at radius 2 is 2.04 bits per heavy atom. The Kier molecular flexibility index (Phi) is 5.00. The molecular weight excluding hydrogens is 350 g/mol. The van der Waals surface area contributed by atoms with Crippen LogP contribution in [0.2, 0.25) is 0 Å². The van der Waals surface area contributed by atoms with E-state index in [2.05, 4.69) is 23.8 Å². The van der Waals surface area contributed by atoms with Crippen LogP contribution < -0.4 is 0 Å². The van der Waals surface area contributed by atoms with Crippen LogP contribution in [0.15, 0.2) is 11.4 Å². The van der Waals surface area contributed by atoms with Gasteiger partial charge in [-0.05, 0) is 49.5 Å². The van der Waals surface area contributed by atoms with E-state index in [9.17, 15) is 4.79 Å². The van der Waals surface area contributed by atoms with Gasteiger partial charge in [-0.2, -0.15) is 0 Å². The number of carbonyl (C=O) groups is 1. The number of aromatic nitrogens is 2. The van der Waals surface area contributed by atoms with E-state index in [1.165, 1.54) is 22.2 Å². The first-order valence-corrected chi connectivity index (χ1v) is 11.1. The zero-order valence-corrected chi connectivity index (χ0v) is 16.6. The van der Waals surface area contributed by atoms with Gasteiger partial charge in [0.1, 0.15) is 16.2 Å². The molecule has 4 nitrogen and oxygen atoms in total. The second kappa shape index (κ2) is 7.23. The lowest BCUT2D eigenvalue weighted by Crippen LogP contribution is -2.38. The highest BCUT2D eigenvalue weighted by atomic mass is 32.2. The highest BCUT2D eigenvalue weighted by Gasteiger charge is 2.24. The number of nitrogens with zero attached hydrogens (tertiary/aromatic N) is 3. The summed E-state index contributed by atoms with van der Waals surface area (Å²) in [6, 6.07) is 0. The Labute approximate surface area is 157 Å². The van der Waals surface area contributed by atoms with Crippen molar-refractivity contribution in [2.75, 3.05) is 18.8 Å². The molecule has 1 saturated heterocycles. The molecule has 0 aromatic carbocycles. The highest BCUT2D eigenvalue weighted by Crippen LogP contribution is 2.40. The molecule has 0 bridgehead atoms. The molecule has 0 unspecified atom stereocenters. The Bertz CT molecular complexity index is 780. The van der Waals surface area contributed by atoms with Crippen LogP contribution in [0.4, 0.5) is 0 Å². The molecule has 1 aliphatic carbocycles. The van der Waals surface area contributed by atoms with E-state index in [1.54, 1.807) is 18.1 Å². The van der Waals surface area contributed by atoms with Crippen LogP contribution in [0, 0.1) is 11.8 Å². The maximum atomic E-state index is 12.5. The van der Waals surface area contributed by atoms with Gasteiger partial charge in [-0.25, -0.2) is 9.97 Å². The van der Waals surface area contributed by atoms with Crippen molar-refractivity contribution in [1.82, 2.24) is 14.9 Å². The maximum Gasteiger partial charge on any atom is 0.232 e.